The van der Waals surface area contributed by atoms with Gasteiger partial charge in [0.2, 0.25) is 5.91 Å². The summed E-state index contributed by atoms with van der Waals surface area (Å²) in [5.41, 5.74) is 1.46. The fraction of sp³-hybridized carbons (Fsp3) is 0.640. The Morgan fingerprint density at radius 1 is 1.18 bits per heavy atom. The number of piperidine rings is 1. The van der Waals surface area contributed by atoms with Gasteiger partial charge in [-0.05, 0) is 56.6 Å². The fourth-order valence-corrected chi connectivity index (χ4v) is 5.19. The van der Waals surface area contributed by atoms with Crippen molar-refractivity contribution in [3.05, 3.63) is 36.3 Å². The Balaban J connectivity index is 1.10. The molecule has 2 aromatic heterocycles. The molecule has 0 spiro atoms. The fourth-order valence-electron chi connectivity index (χ4n) is 5.19. The van der Waals surface area contributed by atoms with E-state index in [1.165, 1.54) is 0 Å². The maximum Gasteiger partial charge on any atom is 0.252 e. The Kier molecular flexibility index (Phi) is 7.96. The Morgan fingerprint density at radius 3 is 2.76 bits per heavy atom. The van der Waals surface area contributed by atoms with Crippen LogP contribution in [0.1, 0.15) is 61.7 Å². The minimum absolute atomic E-state index is 0.0625. The van der Waals surface area contributed by atoms with Gasteiger partial charge in [-0.1, -0.05) is 12.8 Å². The molecule has 2 aliphatic rings. The lowest BCUT2D eigenvalue weighted by molar-refractivity contribution is -0.140. The second-order valence-corrected chi connectivity index (χ2v) is 9.43. The molecule has 0 radical (unpaired) electrons. The number of ether oxygens (including phenoxy) is 1. The number of carbonyl (C=O) groups excluding carboxylic acids is 2. The molecule has 180 valence electrons. The smallest absolute Gasteiger partial charge is 0.252 e. The minimum atomic E-state index is -1.04. The summed E-state index contributed by atoms with van der Waals surface area (Å²) in [6.45, 7) is 2.21. The number of aromatic nitrogens is 2. The van der Waals surface area contributed by atoms with Crippen molar-refractivity contribution in [3.63, 3.8) is 0 Å². The van der Waals surface area contributed by atoms with Crippen molar-refractivity contribution in [1.82, 2.24) is 19.6 Å². The Morgan fingerprint density at radius 2 is 2.00 bits per heavy atom. The molecule has 1 saturated carbocycles. The normalized spacial score (nSPS) is 24.2. The number of pyridine rings is 1. The summed E-state index contributed by atoms with van der Waals surface area (Å²) < 4.78 is 21.2. The first kappa shape index (κ1) is 23.7. The van der Waals surface area contributed by atoms with Crippen LogP contribution >= 0.6 is 0 Å². The minimum Gasteiger partial charge on any atom is -0.378 e. The number of rotatable bonds is 8. The molecule has 1 saturated heterocycles. The molecule has 4 rings (SSSR count). The van der Waals surface area contributed by atoms with Crippen molar-refractivity contribution in [3.8, 4) is 0 Å². The van der Waals surface area contributed by atoms with E-state index in [9.17, 15) is 14.0 Å². The van der Waals surface area contributed by atoms with Gasteiger partial charge in [0.25, 0.3) is 5.91 Å². The lowest BCUT2D eigenvalue weighted by Crippen LogP contribution is -2.45. The molecule has 2 amide bonds. The predicted octanol–water partition coefficient (Wildman–Crippen LogP) is 3.63. The summed E-state index contributed by atoms with van der Waals surface area (Å²) in [4.78, 5) is 31.3. The summed E-state index contributed by atoms with van der Waals surface area (Å²) in [7, 11) is 1.54. The average molecular weight is 459 g/mol. The van der Waals surface area contributed by atoms with Crippen molar-refractivity contribution in [1.29, 1.82) is 0 Å². The number of hydrogen-bond acceptors (Lipinski definition) is 4. The van der Waals surface area contributed by atoms with Crippen LogP contribution in [0.5, 0.6) is 0 Å². The van der Waals surface area contributed by atoms with E-state index >= 15 is 0 Å². The zero-order chi connectivity index (χ0) is 23.2. The van der Waals surface area contributed by atoms with E-state index in [1.54, 1.807) is 25.6 Å². The molecule has 0 bridgehead atoms. The van der Waals surface area contributed by atoms with Gasteiger partial charge in [-0.15, -0.1) is 0 Å². The highest BCUT2D eigenvalue weighted by atomic mass is 19.1. The Labute approximate surface area is 194 Å². The summed E-state index contributed by atoms with van der Waals surface area (Å²) in [6.07, 6.45) is 10.7. The lowest BCUT2D eigenvalue weighted by Gasteiger charge is -2.37. The number of carbonyl (C=O) groups is 2. The van der Waals surface area contributed by atoms with Crippen LogP contribution in [0.25, 0.3) is 5.65 Å². The number of halogens is 1. The third-order valence-electron chi connectivity index (χ3n) is 7.27. The number of nitrogens with one attached hydrogen (secondary N) is 1. The van der Waals surface area contributed by atoms with E-state index in [1.807, 2.05) is 21.6 Å². The SMILES string of the molecule is COC1CCC(C(=O)N2CCC(CCCCNC(=O)c3ccc4nccn4c3)CC2)CC1F. The van der Waals surface area contributed by atoms with Crippen LogP contribution in [0.3, 0.4) is 0 Å². The van der Waals surface area contributed by atoms with E-state index in [-0.39, 0.29) is 23.8 Å². The third-order valence-corrected chi connectivity index (χ3v) is 7.27. The van der Waals surface area contributed by atoms with E-state index in [0.717, 1.165) is 57.3 Å². The second-order valence-electron chi connectivity index (χ2n) is 9.43. The molecule has 1 N–H and O–H groups in total. The van der Waals surface area contributed by atoms with Gasteiger partial charge in [0.05, 0.1) is 11.7 Å². The number of imidazole rings is 1. The molecular formula is C25H35FN4O3. The van der Waals surface area contributed by atoms with E-state index in [2.05, 4.69) is 10.3 Å². The topological polar surface area (TPSA) is 75.9 Å². The van der Waals surface area contributed by atoms with E-state index in [0.29, 0.717) is 30.9 Å². The molecule has 8 heteroatoms. The maximum atomic E-state index is 14.2. The molecule has 2 fully saturated rings. The quantitative estimate of drug-likeness (QED) is 0.613. The zero-order valence-corrected chi connectivity index (χ0v) is 19.4. The maximum absolute atomic E-state index is 14.2. The summed E-state index contributed by atoms with van der Waals surface area (Å²) in [5, 5.41) is 3.00. The number of methoxy groups -OCH3 is 1. The van der Waals surface area contributed by atoms with Crippen LogP contribution in [-0.2, 0) is 9.53 Å². The van der Waals surface area contributed by atoms with Crippen molar-refractivity contribution in [2.45, 2.75) is 63.6 Å². The van der Waals surface area contributed by atoms with Crippen molar-refractivity contribution in [2.75, 3.05) is 26.7 Å². The highest BCUT2D eigenvalue weighted by Gasteiger charge is 2.36. The summed E-state index contributed by atoms with van der Waals surface area (Å²) >= 11 is 0. The molecule has 0 aromatic carbocycles. The number of hydrogen-bond donors (Lipinski definition) is 1. The van der Waals surface area contributed by atoms with Gasteiger partial charge in [-0.25, -0.2) is 9.37 Å². The van der Waals surface area contributed by atoms with Gasteiger partial charge < -0.3 is 19.4 Å². The molecule has 33 heavy (non-hydrogen) atoms. The molecule has 3 unspecified atom stereocenters. The van der Waals surface area contributed by atoms with Crippen LogP contribution in [0.15, 0.2) is 30.7 Å². The van der Waals surface area contributed by atoms with E-state index in [4.69, 9.17) is 4.74 Å². The molecule has 7 nitrogen and oxygen atoms in total. The second kappa shape index (κ2) is 11.1. The van der Waals surface area contributed by atoms with Crippen molar-refractivity contribution < 1.29 is 18.7 Å². The molecule has 3 heterocycles. The van der Waals surface area contributed by atoms with Gasteiger partial charge in [-0.3, -0.25) is 9.59 Å². The number of nitrogens with zero attached hydrogens (tertiary/aromatic N) is 3. The Hall–Kier alpha value is -2.48. The average Bonchev–Trinajstić information content (AvgIpc) is 3.31. The number of unbranched alkanes of at least 4 members (excludes halogenated alkanes) is 1. The van der Waals surface area contributed by atoms with Gasteiger partial charge in [0, 0.05) is 51.3 Å². The number of likely N-dealkylation sites (tertiary alicyclic amines) is 1. The number of alkyl halides is 1. The first-order valence-electron chi connectivity index (χ1n) is 12.2. The van der Waals surface area contributed by atoms with Crippen LogP contribution in [0.4, 0.5) is 4.39 Å². The van der Waals surface area contributed by atoms with E-state index < -0.39 is 6.17 Å². The predicted molar refractivity (Wildman–Crippen MR) is 124 cm³/mol. The van der Waals surface area contributed by atoms with Crippen LogP contribution < -0.4 is 5.32 Å². The third kappa shape index (κ3) is 5.91. The monoisotopic (exact) mass is 458 g/mol. The molecule has 3 atom stereocenters. The highest BCUT2D eigenvalue weighted by molar-refractivity contribution is 5.94. The summed E-state index contributed by atoms with van der Waals surface area (Å²) in [6, 6.07) is 3.64. The molecular weight excluding hydrogens is 423 g/mol. The summed E-state index contributed by atoms with van der Waals surface area (Å²) in [5.74, 6) is 0.488. The Bertz CT molecular complexity index is 941. The van der Waals surface area contributed by atoms with Gasteiger partial charge in [0.1, 0.15) is 11.8 Å². The van der Waals surface area contributed by atoms with Crippen LogP contribution in [0.2, 0.25) is 0 Å². The van der Waals surface area contributed by atoms with Gasteiger partial charge in [0.15, 0.2) is 0 Å². The van der Waals surface area contributed by atoms with Gasteiger partial charge in [-0.2, -0.15) is 0 Å². The van der Waals surface area contributed by atoms with Crippen LogP contribution in [-0.4, -0.2) is 65.1 Å². The molecule has 2 aromatic rings. The number of amides is 2. The van der Waals surface area contributed by atoms with Crippen LogP contribution in [0, 0.1) is 11.8 Å². The highest BCUT2D eigenvalue weighted by Crippen LogP contribution is 2.31. The van der Waals surface area contributed by atoms with Crippen molar-refractivity contribution >= 4 is 17.5 Å². The standard InChI is InChI=1S/C25H35FN4O3/c1-33-22-7-5-19(16-21(22)26)25(32)29-13-9-18(10-14-29)4-2-3-11-28-24(31)20-6-8-23-27-12-15-30(23)17-20/h6,8,12,15,17-19,21-22H,2-5,7,9-11,13-14,16H2,1H3,(H,28,31). The lowest BCUT2D eigenvalue weighted by atomic mass is 9.84. The first-order valence-corrected chi connectivity index (χ1v) is 12.2. The zero-order valence-electron chi connectivity index (χ0n) is 19.4. The number of fused-ring (bicyclic) bond motifs is 1. The molecule has 1 aliphatic heterocycles. The first-order chi connectivity index (χ1) is 16.0. The largest absolute Gasteiger partial charge is 0.378 e. The van der Waals surface area contributed by atoms with Crippen molar-refractivity contribution in [2.24, 2.45) is 11.8 Å². The van der Waals surface area contributed by atoms with Gasteiger partial charge >= 0.3 is 0 Å². The molecule has 1 aliphatic carbocycles.